The topological polar surface area (TPSA) is 96.0 Å². The first-order chi connectivity index (χ1) is 9.56. The monoisotopic (exact) mass is 293 g/mol. The van der Waals surface area contributed by atoms with Crippen LogP contribution in [0.1, 0.15) is 31.2 Å². The number of sulfonamides is 1. The van der Waals surface area contributed by atoms with Crippen molar-refractivity contribution in [3.63, 3.8) is 0 Å². The van der Waals surface area contributed by atoms with Crippen LogP contribution in [0.4, 0.5) is 0 Å². The van der Waals surface area contributed by atoms with Crippen molar-refractivity contribution in [3.05, 3.63) is 29.8 Å². The molecule has 0 amide bonds. The molecule has 1 fully saturated rings. The van der Waals surface area contributed by atoms with Gasteiger partial charge in [-0.3, -0.25) is 0 Å². The molecule has 2 rings (SSSR count). The van der Waals surface area contributed by atoms with E-state index < -0.39 is 10.0 Å². The lowest BCUT2D eigenvalue weighted by Gasteiger charge is -2.31. The highest BCUT2D eigenvalue weighted by atomic mass is 32.2. The third-order valence-electron chi connectivity index (χ3n) is 3.81. The van der Waals surface area contributed by atoms with Crippen LogP contribution in [-0.2, 0) is 10.0 Å². The Hall–Kier alpha value is -1.42. The quantitative estimate of drug-likeness (QED) is 0.876. The van der Waals surface area contributed by atoms with Gasteiger partial charge in [-0.1, -0.05) is 12.8 Å². The van der Waals surface area contributed by atoms with Crippen molar-refractivity contribution in [1.29, 1.82) is 5.26 Å². The molecule has 0 spiro atoms. The minimum Gasteiger partial charge on any atom is -0.330 e. The van der Waals surface area contributed by atoms with Crippen LogP contribution >= 0.6 is 0 Å². The number of nitriles is 1. The zero-order valence-electron chi connectivity index (χ0n) is 11.2. The van der Waals surface area contributed by atoms with E-state index in [1.54, 1.807) is 0 Å². The molecule has 108 valence electrons. The highest BCUT2D eigenvalue weighted by Crippen LogP contribution is 2.25. The minimum atomic E-state index is -3.54. The number of hydrogen-bond donors (Lipinski definition) is 2. The number of hydrogen-bond acceptors (Lipinski definition) is 4. The van der Waals surface area contributed by atoms with Crippen molar-refractivity contribution in [1.82, 2.24) is 4.72 Å². The zero-order chi connectivity index (χ0) is 14.6. The van der Waals surface area contributed by atoms with Gasteiger partial charge in [0.2, 0.25) is 10.0 Å². The molecule has 1 aromatic rings. The van der Waals surface area contributed by atoms with E-state index in [1.165, 1.54) is 24.3 Å². The second-order valence-electron chi connectivity index (χ2n) is 5.14. The van der Waals surface area contributed by atoms with Gasteiger partial charge in [0.15, 0.2) is 0 Å². The molecule has 0 unspecified atom stereocenters. The molecule has 0 radical (unpaired) electrons. The Labute approximate surface area is 119 Å². The van der Waals surface area contributed by atoms with Crippen molar-refractivity contribution in [2.45, 2.75) is 36.6 Å². The maximum absolute atomic E-state index is 12.3. The number of nitrogens with one attached hydrogen (secondary N) is 1. The Bertz CT molecular complexity index is 590. The molecular weight excluding hydrogens is 274 g/mol. The molecule has 5 nitrogen and oxygen atoms in total. The molecule has 1 saturated carbocycles. The fraction of sp³-hybridized carbons (Fsp3) is 0.500. The average Bonchev–Trinajstić information content (AvgIpc) is 2.47. The van der Waals surface area contributed by atoms with Gasteiger partial charge < -0.3 is 5.73 Å². The van der Waals surface area contributed by atoms with Crippen molar-refractivity contribution in [3.8, 4) is 6.07 Å². The van der Waals surface area contributed by atoms with Crippen LogP contribution in [0.2, 0.25) is 0 Å². The van der Waals surface area contributed by atoms with Gasteiger partial charge in [0.1, 0.15) is 0 Å². The lowest BCUT2D eigenvalue weighted by atomic mass is 9.85. The summed E-state index contributed by atoms with van der Waals surface area (Å²) in [6.45, 7) is 0.501. The van der Waals surface area contributed by atoms with Gasteiger partial charge in [0.05, 0.1) is 16.5 Å². The van der Waals surface area contributed by atoms with Crippen LogP contribution in [0.5, 0.6) is 0 Å². The summed E-state index contributed by atoms with van der Waals surface area (Å²) in [6, 6.07) is 7.82. The van der Waals surface area contributed by atoms with E-state index in [0.29, 0.717) is 12.1 Å². The Morgan fingerprint density at radius 3 is 2.50 bits per heavy atom. The Morgan fingerprint density at radius 1 is 1.25 bits per heavy atom. The molecule has 0 aromatic heterocycles. The predicted molar refractivity (Wildman–Crippen MR) is 76.3 cm³/mol. The number of benzene rings is 1. The van der Waals surface area contributed by atoms with Crippen LogP contribution in [0.3, 0.4) is 0 Å². The first-order valence-electron chi connectivity index (χ1n) is 6.79. The third-order valence-corrected chi connectivity index (χ3v) is 5.32. The summed E-state index contributed by atoms with van der Waals surface area (Å²) in [7, 11) is -3.54. The van der Waals surface area contributed by atoms with E-state index in [-0.39, 0.29) is 16.9 Å². The Balaban J connectivity index is 2.15. The molecule has 0 heterocycles. The van der Waals surface area contributed by atoms with E-state index >= 15 is 0 Å². The fourth-order valence-electron chi connectivity index (χ4n) is 2.62. The molecule has 0 saturated heterocycles. The van der Waals surface area contributed by atoms with Crippen LogP contribution in [0.25, 0.3) is 0 Å². The molecule has 2 atom stereocenters. The fourth-order valence-corrected chi connectivity index (χ4v) is 3.96. The van der Waals surface area contributed by atoms with Crippen molar-refractivity contribution >= 4 is 10.0 Å². The van der Waals surface area contributed by atoms with Gasteiger partial charge in [-0.05, 0) is 49.6 Å². The van der Waals surface area contributed by atoms with Gasteiger partial charge in [-0.15, -0.1) is 0 Å². The smallest absolute Gasteiger partial charge is 0.240 e. The SMILES string of the molecule is N#Cc1ccc(S(=O)(=O)N[C@H]2CCCC[C@@H]2CN)cc1. The van der Waals surface area contributed by atoms with Crippen LogP contribution < -0.4 is 10.5 Å². The maximum atomic E-state index is 12.3. The minimum absolute atomic E-state index is 0.0885. The highest BCUT2D eigenvalue weighted by Gasteiger charge is 2.28. The standard InChI is InChI=1S/C14H19N3O2S/c15-9-11-5-7-13(8-6-11)20(18,19)17-14-4-2-1-3-12(14)10-16/h5-8,12,14,17H,1-4,10,16H2/t12-,14+/m1/s1. The zero-order valence-corrected chi connectivity index (χ0v) is 12.1. The molecular formula is C14H19N3O2S. The maximum Gasteiger partial charge on any atom is 0.240 e. The molecule has 1 aliphatic carbocycles. The number of nitrogens with two attached hydrogens (primary N) is 1. The lowest BCUT2D eigenvalue weighted by molar-refractivity contribution is 0.296. The average molecular weight is 293 g/mol. The van der Waals surface area contributed by atoms with Crippen molar-refractivity contribution in [2.75, 3.05) is 6.54 Å². The first kappa shape index (κ1) is 15.0. The molecule has 0 aliphatic heterocycles. The summed E-state index contributed by atoms with van der Waals surface area (Å²) in [5.74, 6) is 0.205. The van der Waals surface area contributed by atoms with Crippen LogP contribution in [0.15, 0.2) is 29.2 Å². The van der Waals surface area contributed by atoms with Gasteiger partial charge in [-0.2, -0.15) is 5.26 Å². The Kier molecular flexibility index (Phi) is 4.76. The van der Waals surface area contributed by atoms with Gasteiger partial charge in [-0.25, -0.2) is 13.1 Å². The van der Waals surface area contributed by atoms with Gasteiger partial charge in [0.25, 0.3) is 0 Å². The summed E-state index contributed by atoms with van der Waals surface area (Å²) >= 11 is 0. The van der Waals surface area contributed by atoms with Crippen molar-refractivity contribution in [2.24, 2.45) is 11.7 Å². The predicted octanol–water partition coefficient (Wildman–Crippen LogP) is 1.35. The van der Waals surface area contributed by atoms with E-state index in [0.717, 1.165) is 25.7 Å². The lowest BCUT2D eigenvalue weighted by Crippen LogP contribution is -2.44. The van der Waals surface area contributed by atoms with E-state index in [1.807, 2.05) is 6.07 Å². The van der Waals surface area contributed by atoms with E-state index in [9.17, 15) is 8.42 Å². The largest absolute Gasteiger partial charge is 0.330 e. The molecule has 1 aromatic carbocycles. The summed E-state index contributed by atoms with van der Waals surface area (Å²) in [5, 5.41) is 8.73. The molecule has 6 heteroatoms. The number of rotatable bonds is 4. The highest BCUT2D eigenvalue weighted by molar-refractivity contribution is 7.89. The van der Waals surface area contributed by atoms with E-state index in [2.05, 4.69) is 4.72 Å². The first-order valence-corrected chi connectivity index (χ1v) is 8.27. The molecule has 1 aliphatic rings. The van der Waals surface area contributed by atoms with Crippen LogP contribution in [0, 0.1) is 17.2 Å². The van der Waals surface area contributed by atoms with E-state index in [4.69, 9.17) is 11.0 Å². The summed E-state index contributed by atoms with van der Waals surface area (Å²) in [5.41, 5.74) is 6.16. The second-order valence-corrected chi connectivity index (χ2v) is 6.86. The normalized spacial score (nSPS) is 23.2. The van der Waals surface area contributed by atoms with Crippen LogP contribution in [-0.4, -0.2) is 21.0 Å². The summed E-state index contributed by atoms with van der Waals surface area (Å²) < 4.78 is 27.4. The molecule has 0 bridgehead atoms. The number of nitrogens with zero attached hydrogens (tertiary/aromatic N) is 1. The Morgan fingerprint density at radius 2 is 1.90 bits per heavy atom. The summed E-state index contributed by atoms with van der Waals surface area (Å²) in [4.78, 5) is 0.192. The second kappa shape index (κ2) is 6.35. The molecule has 20 heavy (non-hydrogen) atoms. The van der Waals surface area contributed by atoms with Crippen molar-refractivity contribution < 1.29 is 8.42 Å². The third kappa shape index (κ3) is 3.37. The van der Waals surface area contributed by atoms with Gasteiger partial charge in [0, 0.05) is 6.04 Å². The van der Waals surface area contributed by atoms with Gasteiger partial charge >= 0.3 is 0 Å². The summed E-state index contributed by atoms with van der Waals surface area (Å²) in [6.07, 6.45) is 3.93. The molecule has 3 N–H and O–H groups in total.